The number of unbranched alkanes of at least 4 members (excludes halogenated alkanes) is 6. The molecule has 2 aromatic carbocycles. The Morgan fingerprint density at radius 3 is 1.47 bits per heavy atom. The Morgan fingerprint density at radius 1 is 0.439 bits per heavy atom. The standard InChI is InChI=1S/C66H95IN8O23/c67-49-36-44(20-24-54(49)78)35-46(38-48(77)21-23-53(65(96)97)75-33-31-73(41-59(85)86)29-27-72(40-58(83)84)28-30-74(32-34-75)42-60(87)88)61(89)69-52(37-43-13-5-3-6-14-43)55(79)39-45(62(90)91)15-7-4-9-17-47(76)16-8-1-2-10-19-56(80)68-26-12-11-18-50(63(92)93)70-66(98)71-51(64(94)95)22-25-57(81)82/h3,5-6,13-14,20,24,36,45-46,50-53,78H,1-2,4,7-12,15-19,21-23,25-35,37-42H2,(H,68,80)(H,69,89)(H,81,82)(H,83,84)(H,85,86)(H,87,88)(H,90,91)(H,92,93)(H,94,95)(H,96,97)(H2,70,71,98)/t45?,46?,50-,51-,52+,53?/m0/s1. The van der Waals surface area contributed by atoms with Crippen molar-refractivity contribution in [3.05, 3.63) is 63.2 Å². The van der Waals surface area contributed by atoms with E-state index in [2.05, 4.69) is 21.3 Å². The van der Waals surface area contributed by atoms with E-state index in [9.17, 15) is 108 Å². The Morgan fingerprint density at radius 2 is 0.959 bits per heavy atom. The number of aliphatic carboxylic acids is 8. The molecule has 6 atom stereocenters. The number of rotatable bonds is 48. The summed E-state index contributed by atoms with van der Waals surface area (Å²) in [5, 5.41) is 97.5. The van der Waals surface area contributed by atoms with Crippen LogP contribution in [0.5, 0.6) is 5.75 Å². The van der Waals surface area contributed by atoms with E-state index < -0.39 is 146 Å². The zero-order chi connectivity index (χ0) is 72.7. The van der Waals surface area contributed by atoms with Crippen LogP contribution in [0, 0.1) is 15.4 Å². The number of hydrogen-bond acceptors (Lipinski definition) is 19. The maximum absolute atomic E-state index is 14.6. The third-order valence-corrected chi connectivity index (χ3v) is 17.6. The minimum atomic E-state index is -1.54. The van der Waals surface area contributed by atoms with Gasteiger partial charge in [-0.1, -0.05) is 62.1 Å². The third kappa shape index (κ3) is 35.9. The number of nitrogens with zero attached hydrogens (tertiary/aromatic N) is 4. The monoisotopic (exact) mass is 1490 g/mol. The van der Waals surface area contributed by atoms with Gasteiger partial charge in [0.2, 0.25) is 11.8 Å². The van der Waals surface area contributed by atoms with Gasteiger partial charge in [0.15, 0.2) is 5.78 Å². The van der Waals surface area contributed by atoms with Gasteiger partial charge in [-0.25, -0.2) is 14.4 Å². The van der Waals surface area contributed by atoms with Crippen LogP contribution >= 0.6 is 22.6 Å². The number of phenolic OH excluding ortho intramolecular Hbond substituents is 1. The second-order valence-corrected chi connectivity index (χ2v) is 25.7. The maximum atomic E-state index is 14.6. The van der Waals surface area contributed by atoms with Gasteiger partial charge in [0.25, 0.3) is 0 Å². The fourth-order valence-corrected chi connectivity index (χ4v) is 11.8. The van der Waals surface area contributed by atoms with Crippen molar-refractivity contribution in [3.8, 4) is 5.75 Å². The molecule has 0 aliphatic carbocycles. The first-order valence-corrected chi connectivity index (χ1v) is 34.0. The van der Waals surface area contributed by atoms with Crippen molar-refractivity contribution in [2.75, 3.05) is 78.5 Å². The summed E-state index contributed by atoms with van der Waals surface area (Å²) in [4.78, 5) is 182. The summed E-state index contributed by atoms with van der Waals surface area (Å²) in [7, 11) is 0. The largest absolute Gasteiger partial charge is 0.507 e. The van der Waals surface area contributed by atoms with Crippen molar-refractivity contribution in [3.63, 3.8) is 0 Å². The molecule has 0 saturated carbocycles. The molecule has 1 heterocycles. The van der Waals surface area contributed by atoms with Crippen LogP contribution in [0.15, 0.2) is 48.5 Å². The van der Waals surface area contributed by atoms with Crippen LogP contribution in [-0.2, 0) is 75.2 Å². The van der Waals surface area contributed by atoms with Crippen LogP contribution in [0.1, 0.15) is 140 Å². The summed E-state index contributed by atoms with van der Waals surface area (Å²) >= 11 is 1.90. The van der Waals surface area contributed by atoms with Crippen LogP contribution in [0.25, 0.3) is 0 Å². The number of hydrogen-bond donors (Lipinski definition) is 13. The van der Waals surface area contributed by atoms with Gasteiger partial charge < -0.3 is 67.2 Å². The summed E-state index contributed by atoms with van der Waals surface area (Å²) in [6, 6.07) is 6.71. The Hall–Kier alpha value is -8.21. The number of phenols is 1. The van der Waals surface area contributed by atoms with Gasteiger partial charge in [0.05, 0.1) is 35.2 Å². The molecule has 0 aromatic heterocycles. The first-order chi connectivity index (χ1) is 46.5. The van der Waals surface area contributed by atoms with Crippen LogP contribution in [0.3, 0.4) is 0 Å². The molecule has 3 unspecified atom stereocenters. The van der Waals surface area contributed by atoms with Crippen LogP contribution < -0.4 is 21.3 Å². The van der Waals surface area contributed by atoms with Gasteiger partial charge in [0.1, 0.15) is 35.4 Å². The number of nitrogens with one attached hydrogen (secondary N) is 4. The average molecular weight is 1500 g/mol. The van der Waals surface area contributed by atoms with E-state index >= 15 is 0 Å². The smallest absolute Gasteiger partial charge is 0.326 e. The van der Waals surface area contributed by atoms with Gasteiger partial charge >= 0.3 is 53.8 Å². The molecule has 1 saturated heterocycles. The molecule has 31 nitrogen and oxygen atoms in total. The van der Waals surface area contributed by atoms with E-state index in [1.54, 1.807) is 47.4 Å². The quantitative estimate of drug-likeness (QED) is 0.0333. The fourth-order valence-electron chi connectivity index (χ4n) is 11.3. The number of ketones is 3. The molecule has 2 aromatic rings. The number of carbonyl (C=O) groups is 14. The zero-order valence-corrected chi connectivity index (χ0v) is 57.2. The number of carboxylic acid groups (broad SMARTS) is 8. The SMILES string of the molecule is O=C(O)CC[C@H](NC(=O)N[C@@H](CCCCNC(=O)CCCCCCC(=O)CCCCCC(CC(=O)[C@@H](Cc1ccccc1)NC(=O)C(CC(=O)CCC(C(=O)O)N1CCN(CC(=O)O)CCN(CC(=O)O)CCN(CC(=O)O)CC1)Cc1ccc(O)c(I)c1)C(=O)O)C(=O)O)C(=O)O. The molecule has 544 valence electrons. The molecule has 0 radical (unpaired) electrons. The summed E-state index contributed by atoms with van der Waals surface area (Å²) in [5.74, 6) is -14.5. The molecule has 3 rings (SSSR count). The molecule has 1 aliphatic heterocycles. The summed E-state index contributed by atoms with van der Waals surface area (Å²) in [6.45, 7) is -0.651. The van der Waals surface area contributed by atoms with E-state index in [0.717, 1.165) is 0 Å². The van der Waals surface area contributed by atoms with Crippen LogP contribution in [0.2, 0.25) is 0 Å². The van der Waals surface area contributed by atoms with Crippen molar-refractivity contribution >= 4 is 106 Å². The van der Waals surface area contributed by atoms with Crippen molar-refractivity contribution in [1.29, 1.82) is 0 Å². The van der Waals surface area contributed by atoms with Crippen molar-refractivity contribution in [2.45, 2.75) is 165 Å². The van der Waals surface area contributed by atoms with E-state index in [4.69, 9.17) is 5.11 Å². The first-order valence-electron chi connectivity index (χ1n) is 32.9. The predicted octanol–water partition coefficient (Wildman–Crippen LogP) is 3.43. The Bertz CT molecular complexity index is 2960. The highest BCUT2D eigenvalue weighted by atomic mass is 127. The number of carboxylic acids is 8. The number of urea groups is 1. The molecule has 4 amide bonds. The number of carbonyl (C=O) groups excluding carboxylic acids is 6. The highest BCUT2D eigenvalue weighted by Crippen LogP contribution is 2.25. The lowest BCUT2D eigenvalue weighted by molar-refractivity contribution is -0.145. The number of Topliss-reactive ketones (excluding diaryl/α,β-unsaturated/α-hetero) is 3. The van der Waals surface area contributed by atoms with Gasteiger partial charge in [-0.15, -0.1) is 0 Å². The normalized spacial score (nSPS) is 15.4. The maximum Gasteiger partial charge on any atom is 0.326 e. The van der Waals surface area contributed by atoms with Crippen molar-refractivity contribution in [2.24, 2.45) is 11.8 Å². The van der Waals surface area contributed by atoms with Gasteiger partial charge in [-0.2, -0.15) is 0 Å². The first kappa shape index (κ1) is 84.0. The highest BCUT2D eigenvalue weighted by molar-refractivity contribution is 14.1. The summed E-state index contributed by atoms with van der Waals surface area (Å²) in [6.07, 6.45) is 2.87. The molecule has 0 spiro atoms. The predicted molar refractivity (Wildman–Crippen MR) is 359 cm³/mol. The molecular formula is C66H95IN8O23. The number of aromatic hydroxyl groups is 1. The molecule has 1 fully saturated rings. The third-order valence-electron chi connectivity index (χ3n) is 16.7. The zero-order valence-electron chi connectivity index (χ0n) is 55.0. The molecule has 1 aliphatic rings. The highest BCUT2D eigenvalue weighted by Gasteiger charge is 2.34. The molecule has 13 N–H and O–H groups in total. The van der Waals surface area contributed by atoms with Crippen LogP contribution in [0.4, 0.5) is 4.79 Å². The molecule has 32 heteroatoms. The lowest BCUT2D eigenvalue weighted by Crippen LogP contribution is -2.52. The van der Waals surface area contributed by atoms with E-state index in [0.29, 0.717) is 78.9 Å². The lowest BCUT2D eigenvalue weighted by atomic mass is 9.89. The second-order valence-electron chi connectivity index (χ2n) is 24.6. The molecular weight excluding hydrogens is 1400 g/mol. The molecule has 0 bridgehead atoms. The minimum Gasteiger partial charge on any atom is -0.507 e. The lowest BCUT2D eigenvalue weighted by Gasteiger charge is -2.35. The average Bonchev–Trinajstić information content (AvgIpc) is 0.862. The Kier molecular flexibility index (Phi) is 39.6. The van der Waals surface area contributed by atoms with E-state index in [-0.39, 0.29) is 134 Å². The number of halogens is 1. The van der Waals surface area contributed by atoms with E-state index in [1.807, 2.05) is 22.6 Å². The Balaban J connectivity index is 1.58. The van der Waals surface area contributed by atoms with Gasteiger partial charge in [-0.3, -0.25) is 72.3 Å². The number of benzene rings is 2. The Labute approximate surface area is 581 Å². The fraction of sp³-hybridized carbons (Fsp3) is 0.606. The van der Waals surface area contributed by atoms with Gasteiger partial charge in [0, 0.05) is 110 Å². The van der Waals surface area contributed by atoms with Crippen molar-refractivity contribution < 1.29 is 113 Å². The van der Waals surface area contributed by atoms with Crippen molar-refractivity contribution in [1.82, 2.24) is 40.9 Å². The van der Waals surface area contributed by atoms with Crippen LogP contribution in [-0.4, -0.2) is 251 Å². The topological polar surface area (TPSA) is 482 Å². The van der Waals surface area contributed by atoms with E-state index in [1.165, 1.54) is 20.8 Å². The summed E-state index contributed by atoms with van der Waals surface area (Å²) < 4.78 is 0.443. The second kappa shape index (κ2) is 46.1. The molecule has 98 heavy (non-hydrogen) atoms. The van der Waals surface area contributed by atoms with Gasteiger partial charge in [-0.05, 0) is 116 Å². The summed E-state index contributed by atoms with van der Waals surface area (Å²) in [5.41, 5.74) is 1.18. The minimum absolute atomic E-state index is 0.0180. The number of amides is 4.